The number of anilines is 1. The number of piperidine rings is 1. The molecule has 0 aliphatic carbocycles. The highest BCUT2D eigenvalue weighted by Gasteiger charge is 2.39. The Morgan fingerprint density at radius 3 is 2.59 bits per heavy atom. The zero-order valence-electron chi connectivity index (χ0n) is 16.4. The van der Waals surface area contributed by atoms with Crippen molar-refractivity contribution in [3.05, 3.63) is 35.3 Å². The molecular formula is C21H26N4O3S. The number of hydrogen-bond acceptors (Lipinski definition) is 7. The predicted molar refractivity (Wildman–Crippen MR) is 114 cm³/mol. The van der Waals surface area contributed by atoms with Crippen molar-refractivity contribution in [3.63, 3.8) is 0 Å². The molecule has 0 amide bonds. The van der Waals surface area contributed by atoms with E-state index in [1.54, 1.807) is 23.6 Å². The molecule has 1 aromatic heterocycles. The van der Waals surface area contributed by atoms with Crippen LogP contribution in [0.5, 0.6) is 0 Å². The fourth-order valence-electron chi connectivity index (χ4n) is 4.49. The van der Waals surface area contributed by atoms with E-state index in [0.717, 1.165) is 23.4 Å². The highest BCUT2D eigenvalue weighted by Crippen LogP contribution is 2.39. The van der Waals surface area contributed by atoms with E-state index in [0.29, 0.717) is 35.7 Å². The van der Waals surface area contributed by atoms with Gasteiger partial charge in [-0.05, 0) is 50.8 Å². The Morgan fingerprint density at radius 2 is 2.03 bits per heavy atom. The SMILES string of the molecule is CN1C2CCC1CC(CC(=O)C(=N)c1ccc(-c3nccs3)cc1N)C2.O=CO. The average molecular weight is 415 g/mol. The molecule has 1 aromatic carbocycles. The number of carbonyl (C=O) groups excluding carboxylic acids is 1. The summed E-state index contributed by atoms with van der Waals surface area (Å²) in [5.74, 6) is 0.306. The van der Waals surface area contributed by atoms with Crippen molar-refractivity contribution in [2.24, 2.45) is 5.92 Å². The van der Waals surface area contributed by atoms with Gasteiger partial charge in [0.1, 0.15) is 10.7 Å². The quantitative estimate of drug-likeness (QED) is 0.392. The number of nitrogens with two attached hydrogens (primary N) is 1. The van der Waals surface area contributed by atoms with Gasteiger partial charge in [-0.25, -0.2) is 4.98 Å². The van der Waals surface area contributed by atoms with Crippen molar-refractivity contribution in [1.82, 2.24) is 9.88 Å². The van der Waals surface area contributed by atoms with Gasteiger partial charge in [0.25, 0.3) is 6.47 Å². The van der Waals surface area contributed by atoms with Crippen LogP contribution in [0.25, 0.3) is 10.6 Å². The minimum atomic E-state index is -0.250. The number of thiazole rings is 1. The van der Waals surface area contributed by atoms with Gasteiger partial charge < -0.3 is 15.7 Å². The van der Waals surface area contributed by atoms with Crippen LogP contribution in [0, 0.1) is 11.3 Å². The van der Waals surface area contributed by atoms with Crippen LogP contribution in [0.3, 0.4) is 0 Å². The number of nitrogen functional groups attached to an aromatic ring is 1. The second-order valence-electron chi connectivity index (χ2n) is 7.63. The molecule has 4 N–H and O–H groups in total. The number of ketones is 1. The Bertz CT molecular complexity index is 870. The van der Waals surface area contributed by atoms with Crippen molar-refractivity contribution >= 4 is 35.0 Å². The lowest BCUT2D eigenvalue weighted by atomic mass is 9.85. The highest BCUT2D eigenvalue weighted by atomic mass is 32.1. The van der Waals surface area contributed by atoms with E-state index in [1.807, 2.05) is 17.5 Å². The number of nitrogens with one attached hydrogen (secondary N) is 1. The minimum Gasteiger partial charge on any atom is -0.483 e. The molecule has 0 radical (unpaired) electrons. The van der Waals surface area contributed by atoms with E-state index in [-0.39, 0.29) is 18.0 Å². The fourth-order valence-corrected chi connectivity index (χ4v) is 5.13. The summed E-state index contributed by atoms with van der Waals surface area (Å²) >= 11 is 1.54. The molecule has 2 unspecified atom stereocenters. The number of Topliss-reactive ketones (excluding diaryl/α,β-unsaturated/α-hetero) is 1. The van der Waals surface area contributed by atoms with Gasteiger partial charge in [-0.3, -0.25) is 15.0 Å². The minimum absolute atomic E-state index is 0.0412. The molecule has 2 aliphatic heterocycles. The maximum Gasteiger partial charge on any atom is 0.290 e. The van der Waals surface area contributed by atoms with E-state index >= 15 is 0 Å². The topological polar surface area (TPSA) is 120 Å². The predicted octanol–water partition coefficient (Wildman–Crippen LogP) is 3.29. The molecule has 7 nitrogen and oxygen atoms in total. The van der Waals surface area contributed by atoms with E-state index in [2.05, 4.69) is 16.9 Å². The van der Waals surface area contributed by atoms with Crippen LogP contribution >= 0.6 is 11.3 Å². The van der Waals surface area contributed by atoms with Gasteiger partial charge in [0.05, 0.1) is 0 Å². The van der Waals surface area contributed by atoms with Crippen LogP contribution in [0.1, 0.15) is 37.7 Å². The van der Waals surface area contributed by atoms with Crippen LogP contribution in [0.2, 0.25) is 0 Å². The van der Waals surface area contributed by atoms with Crippen LogP contribution in [-0.2, 0) is 9.59 Å². The van der Waals surface area contributed by atoms with Crippen molar-refractivity contribution in [2.45, 2.75) is 44.2 Å². The molecule has 3 heterocycles. The molecule has 2 bridgehead atoms. The fraction of sp³-hybridized carbons (Fsp3) is 0.429. The van der Waals surface area contributed by atoms with E-state index in [4.69, 9.17) is 21.0 Å². The molecule has 4 rings (SSSR count). The Morgan fingerprint density at radius 1 is 1.38 bits per heavy atom. The number of nitrogens with zero attached hydrogens (tertiary/aromatic N) is 2. The van der Waals surface area contributed by atoms with Gasteiger partial charge in [0.2, 0.25) is 0 Å². The molecule has 8 heteroatoms. The highest BCUT2D eigenvalue weighted by molar-refractivity contribution is 7.13. The summed E-state index contributed by atoms with van der Waals surface area (Å²) in [6.45, 7) is -0.250. The summed E-state index contributed by atoms with van der Waals surface area (Å²) in [4.78, 5) is 27.8. The first-order valence-electron chi connectivity index (χ1n) is 9.65. The Kier molecular flexibility index (Phi) is 6.76. The summed E-state index contributed by atoms with van der Waals surface area (Å²) < 4.78 is 0. The molecule has 2 saturated heterocycles. The summed E-state index contributed by atoms with van der Waals surface area (Å²) in [7, 11) is 2.20. The maximum absolute atomic E-state index is 12.7. The number of fused-ring (bicyclic) bond motifs is 2. The number of benzene rings is 1. The molecule has 2 aliphatic rings. The van der Waals surface area contributed by atoms with Gasteiger partial charge >= 0.3 is 0 Å². The Balaban J connectivity index is 0.000000755. The van der Waals surface area contributed by atoms with Gasteiger partial charge in [-0.2, -0.15) is 0 Å². The summed E-state index contributed by atoms with van der Waals surface area (Å²) in [6, 6.07) is 6.71. The molecule has 0 spiro atoms. The Labute approximate surface area is 174 Å². The number of carboxylic acid groups (broad SMARTS) is 1. The molecule has 0 saturated carbocycles. The smallest absolute Gasteiger partial charge is 0.290 e. The standard InChI is InChI=1S/C20H24N4OS.CH2O2/c1-24-14-3-4-15(24)9-12(8-14)10-18(25)19(22)16-5-2-13(11-17(16)21)20-23-6-7-26-20;2-1-3/h2,5-7,11-12,14-15,22H,3-4,8-10,21H2,1H3;1H,(H,2,3). The van der Waals surface area contributed by atoms with Crippen molar-refractivity contribution in [2.75, 3.05) is 12.8 Å². The lowest BCUT2D eigenvalue weighted by molar-refractivity contribution is -0.123. The zero-order valence-corrected chi connectivity index (χ0v) is 17.2. The molecule has 29 heavy (non-hydrogen) atoms. The molecular weight excluding hydrogens is 388 g/mol. The first kappa shape index (κ1) is 21.1. The third kappa shape index (κ3) is 4.71. The van der Waals surface area contributed by atoms with Crippen LogP contribution in [-0.4, -0.2) is 52.1 Å². The van der Waals surface area contributed by atoms with Crippen molar-refractivity contribution < 1.29 is 14.7 Å². The lowest BCUT2D eigenvalue weighted by Gasteiger charge is -2.36. The number of hydrogen-bond donors (Lipinski definition) is 3. The second-order valence-corrected chi connectivity index (χ2v) is 8.53. The van der Waals surface area contributed by atoms with Crippen LogP contribution < -0.4 is 5.73 Å². The molecule has 2 atom stereocenters. The molecule has 2 fully saturated rings. The third-order valence-corrected chi connectivity index (χ3v) is 6.77. The number of aromatic nitrogens is 1. The van der Waals surface area contributed by atoms with E-state index in [9.17, 15) is 4.79 Å². The van der Waals surface area contributed by atoms with E-state index in [1.165, 1.54) is 12.8 Å². The first-order chi connectivity index (χ1) is 13.9. The van der Waals surface area contributed by atoms with Gasteiger partial charge in [-0.15, -0.1) is 11.3 Å². The summed E-state index contributed by atoms with van der Waals surface area (Å²) in [5, 5.41) is 18.0. The van der Waals surface area contributed by atoms with Crippen LogP contribution in [0.4, 0.5) is 5.69 Å². The number of carbonyl (C=O) groups is 2. The third-order valence-electron chi connectivity index (χ3n) is 5.95. The average Bonchev–Trinajstić information content (AvgIpc) is 3.28. The van der Waals surface area contributed by atoms with Crippen molar-refractivity contribution in [3.8, 4) is 10.6 Å². The molecule has 2 aromatic rings. The first-order valence-corrected chi connectivity index (χ1v) is 10.5. The lowest BCUT2D eigenvalue weighted by Crippen LogP contribution is -2.40. The van der Waals surface area contributed by atoms with Gasteiger partial charge in [0.15, 0.2) is 5.78 Å². The van der Waals surface area contributed by atoms with Crippen molar-refractivity contribution in [1.29, 1.82) is 5.41 Å². The van der Waals surface area contributed by atoms with Crippen LogP contribution in [0.15, 0.2) is 29.8 Å². The van der Waals surface area contributed by atoms with Gasteiger partial charge in [-0.1, -0.05) is 6.07 Å². The maximum atomic E-state index is 12.7. The summed E-state index contributed by atoms with van der Waals surface area (Å²) in [5.41, 5.74) is 8.12. The second kappa shape index (κ2) is 9.28. The zero-order chi connectivity index (χ0) is 21.0. The van der Waals surface area contributed by atoms with Gasteiger partial charge in [0, 0.05) is 46.9 Å². The van der Waals surface area contributed by atoms with E-state index < -0.39 is 0 Å². The molecule has 154 valence electrons. The largest absolute Gasteiger partial charge is 0.483 e. The Hall–Kier alpha value is -2.58. The number of rotatable bonds is 5. The normalized spacial score (nSPS) is 23.1. The summed E-state index contributed by atoms with van der Waals surface area (Å²) in [6.07, 6.45) is 6.86. The monoisotopic (exact) mass is 414 g/mol.